The highest BCUT2D eigenvalue weighted by Crippen LogP contribution is 2.34. The summed E-state index contributed by atoms with van der Waals surface area (Å²) in [5.41, 5.74) is 0.483. The Kier molecular flexibility index (Phi) is 5.04. The zero-order valence-electron chi connectivity index (χ0n) is 13.4. The Balaban J connectivity index is 1.99. The molecule has 0 amide bonds. The van der Waals surface area contributed by atoms with E-state index in [2.05, 4.69) is 34.6 Å². The topological polar surface area (TPSA) is 58.4 Å². The molecule has 2 rings (SSSR count). The van der Waals surface area contributed by atoms with E-state index in [4.69, 9.17) is 0 Å². The van der Waals surface area contributed by atoms with Gasteiger partial charge in [0.15, 0.2) is 0 Å². The van der Waals surface area contributed by atoms with Gasteiger partial charge >= 0.3 is 5.97 Å². The van der Waals surface area contributed by atoms with E-state index in [-0.39, 0.29) is 0 Å². The van der Waals surface area contributed by atoms with Crippen molar-refractivity contribution in [1.82, 2.24) is 14.7 Å². The third kappa shape index (κ3) is 3.28. The van der Waals surface area contributed by atoms with Crippen LogP contribution in [0.1, 0.15) is 58.2 Å². The standard InChI is InChI=1S/C16H27N3O2/c1-4-14(5-2)19-9-7-13(17-19)11-18-10-8-16(6-3,12-18)15(20)21/h7,9,14H,4-6,8,10-12H2,1-3H3,(H,20,21). The second-order valence-corrected chi connectivity index (χ2v) is 6.16. The summed E-state index contributed by atoms with van der Waals surface area (Å²) in [5.74, 6) is -0.657. The summed E-state index contributed by atoms with van der Waals surface area (Å²) in [6.45, 7) is 8.56. The van der Waals surface area contributed by atoms with Crippen LogP contribution >= 0.6 is 0 Å². The maximum atomic E-state index is 11.5. The predicted octanol–water partition coefficient (Wildman–Crippen LogP) is 2.93. The Bertz CT molecular complexity index is 482. The van der Waals surface area contributed by atoms with Crippen LogP contribution in [0, 0.1) is 5.41 Å². The Morgan fingerprint density at radius 1 is 1.43 bits per heavy atom. The minimum absolute atomic E-state index is 0.464. The molecule has 1 aromatic heterocycles. The second kappa shape index (κ2) is 6.60. The zero-order chi connectivity index (χ0) is 15.5. The number of carboxylic acid groups (broad SMARTS) is 1. The van der Waals surface area contributed by atoms with Gasteiger partial charge in [0.1, 0.15) is 0 Å². The van der Waals surface area contributed by atoms with Crippen molar-refractivity contribution in [2.24, 2.45) is 5.41 Å². The fourth-order valence-corrected chi connectivity index (χ4v) is 3.26. The quantitative estimate of drug-likeness (QED) is 0.839. The van der Waals surface area contributed by atoms with E-state index in [0.717, 1.165) is 38.0 Å². The molecule has 0 saturated carbocycles. The molecule has 1 atom stereocenters. The van der Waals surface area contributed by atoms with Crippen molar-refractivity contribution in [2.45, 2.75) is 59.0 Å². The Morgan fingerprint density at radius 2 is 2.14 bits per heavy atom. The van der Waals surface area contributed by atoms with E-state index in [1.54, 1.807) is 0 Å². The first-order valence-corrected chi connectivity index (χ1v) is 8.04. The van der Waals surface area contributed by atoms with Crippen LogP contribution in [0.25, 0.3) is 0 Å². The van der Waals surface area contributed by atoms with Gasteiger partial charge in [-0.3, -0.25) is 14.4 Å². The maximum Gasteiger partial charge on any atom is 0.310 e. The van der Waals surface area contributed by atoms with Gasteiger partial charge in [0, 0.05) is 19.3 Å². The molecular weight excluding hydrogens is 266 g/mol. The summed E-state index contributed by atoms with van der Waals surface area (Å²) in [4.78, 5) is 13.7. The SMILES string of the molecule is CCC(CC)n1ccc(CN2CCC(CC)(C(=O)O)C2)n1. The van der Waals surface area contributed by atoms with Crippen molar-refractivity contribution < 1.29 is 9.90 Å². The monoisotopic (exact) mass is 293 g/mol. The zero-order valence-corrected chi connectivity index (χ0v) is 13.4. The van der Waals surface area contributed by atoms with Gasteiger partial charge in [-0.15, -0.1) is 0 Å². The van der Waals surface area contributed by atoms with Crippen LogP contribution in [0.5, 0.6) is 0 Å². The lowest BCUT2D eigenvalue weighted by Gasteiger charge is -2.22. The van der Waals surface area contributed by atoms with Crippen LogP contribution in [0.15, 0.2) is 12.3 Å². The summed E-state index contributed by atoms with van der Waals surface area (Å²) in [6.07, 6.45) is 5.65. The highest BCUT2D eigenvalue weighted by Gasteiger charge is 2.43. The second-order valence-electron chi connectivity index (χ2n) is 6.16. The molecule has 0 bridgehead atoms. The van der Waals surface area contributed by atoms with Crippen LogP contribution in [0.2, 0.25) is 0 Å². The lowest BCUT2D eigenvalue weighted by Crippen LogP contribution is -2.34. The van der Waals surface area contributed by atoms with Crippen molar-refractivity contribution >= 4 is 5.97 Å². The van der Waals surface area contributed by atoms with E-state index in [9.17, 15) is 9.90 Å². The number of aromatic nitrogens is 2. The first kappa shape index (κ1) is 16.0. The van der Waals surface area contributed by atoms with Crippen LogP contribution in [-0.4, -0.2) is 38.8 Å². The fourth-order valence-electron chi connectivity index (χ4n) is 3.26. The molecule has 21 heavy (non-hydrogen) atoms. The van der Waals surface area contributed by atoms with Crippen LogP contribution < -0.4 is 0 Å². The largest absolute Gasteiger partial charge is 0.481 e. The van der Waals surface area contributed by atoms with E-state index >= 15 is 0 Å². The van der Waals surface area contributed by atoms with Crippen LogP contribution in [0.4, 0.5) is 0 Å². The van der Waals surface area contributed by atoms with Crippen molar-refractivity contribution in [2.75, 3.05) is 13.1 Å². The molecule has 0 spiro atoms. The third-order valence-corrected chi connectivity index (χ3v) is 4.93. The molecule has 0 radical (unpaired) electrons. The average Bonchev–Trinajstić information content (AvgIpc) is 3.09. The molecule has 1 saturated heterocycles. The maximum absolute atomic E-state index is 11.5. The van der Waals surface area contributed by atoms with Gasteiger partial charge in [-0.05, 0) is 38.3 Å². The van der Waals surface area contributed by atoms with Gasteiger partial charge < -0.3 is 5.11 Å². The first-order valence-electron chi connectivity index (χ1n) is 8.04. The van der Waals surface area contributed by atoms with E-state index < -0.39 is 11.4 Å². The molecule has 2 heterocycles. The lowest BCUT2D eigenvalue weighted by atomic mass is 9.84. The molecule has 0 aliphatic carbocycles. The van der Waals surface area contributed by atoms with E-state index in [0.29, 0.717) is 19.0 Å². The number of likely N-dealkylation sites (tertiary alicyclic amines) is 1. The van der Waals surface area contributed by atoms with Crippen LogP contribution in [-0.2, 0) is 11.3 Å². The number of hydrogen-bond donors (Lipinski definition) is 1. The van der Waals surface area contributed by atoms with Gasteiger partial charge in [-0.25, -0.2) is 0 Å². The summed E-state index contributed by atoms with van der Waals surface area (Å²) in [5, 5.41) is 14.1. The number of aliphatic carboxylic acids is 1. The molecule has 1 unspecified atom stereocenters. The average molecular weight is 293 g/mol. The number of hydrogen-bond acceptors (Lipinski definition) is 3. The van der Waals surface area contributed by atoms with Crippen LogP contribution in [0.3, 0.4) is 0 Å². The summed E-state index contributed by atoms with van der Waals surface area (Å²) >= 11 is 0. The molecule has 5 nitrogen and oxygen atoms in total. The molecule has 118 valence electrons. The van der Waals surface area contributed by atoms with Crippen molar-refractivity contribution in [3.05, 3.63) is 18.0 Å². The molecular formula is C16H27N3O2. The number of nitrogens with zero attached hydrogens (tertiary/aromatic N) is 3. The highest BCUT2D eigenvalue weighted by molar-refractivity contribution is 5.75. The van der Waals surface area contributed by atoms with Gasteiger partial charge in [0.2, 0.25) is 0 Å². The molecule has 1 aliphatic rings. The number of rotatable bonds is 7. The molecule has 1 fully saturated rings. The highest BCUT2D eigenvalue weighted by atomic mass is 16.4. The smallest absolute Gasteiger partial charge is 0.310 e. The van der Waals surface area contributed by atoms with Crippen molar-refractivity contribution in [3.8, 4) is 0 Å². The summed E-state index contributed by atoms with van der Waals surface area (Å²) in [7, 11) is 0. The van der Waals surface area contributed by atoms with Gasteiger partial charge in [0.05, 0.1) is 17.2 Å². The third-order valence-electron chi connectivity index (χ3n) is 4.93. The molecule has 1 aliphatic heterocycles. The van der Waals surface area contributed by atoms with Crippen molar-refractivity contribution in [3.63, 3.8) is 0 Å². The van der Waals surface area contributed by atoms with Gasteiger partial charge in [-0.1, -0.05) is 20.8 Å². The van der Waals surface area contributed by atoms with E-state index in [1.807, 2.05) is 13.1 Å². The Hall–Kier alpha value is -1.36. The van der Waals surface area contributed by atoms with E-state index in [1.165, 1.54) is 0 Å². The molecule has 0 aromatic carbocycles. The molecule has 1 aromatic rings. The molecule has 1 N–H and O–H groups in total. The van der Waals surface area contributed by atoms with Crippen molar-refractivity contribution in [1.29, 1.82) is 0 Å². The van der Waals surface area contributed by atoms with Gasteiger partial charge in [0.25, 0.3) is 0 Å². The Morgan fingerprint density at radius 3 is 2.67 bits per heavy atom. The molecule has 5 heteroatoms. The number of carboxylic acids is 1. The summed E-state index contributed by atoms with van der Waals surface area (Å²) < 4.78 is 2.05. The van der Waals surface area contributed by atoms with Gasteiger partial charge in [-0.2, -0.15) is 5.10 Å². The fraction of sp³-hybridized carbons (Fsp3) is 0.750. The number of carbonyl (C=O) groups is 1. The Labute approximate surface area is 126 Å². The predicted molar refractivity (Wildman–Crippen MR) is 82.1 cm³/mol. The lowest BCUT2D eigenvalue weighted by molar-refractivity contribution is -0.148. The minimum Gasteiger partial charge on any atom is -0.481 e. The summed E-state index contributed by atoms with van der Waals surface area (Å²) in [6, 6.07) is 2.52. The minimum atomic E-state index is -0.657. The first-order chi connectivity index (χ1) is 10.0. The normalized spacial score (nSPS) is 23.0.